The van der Waals surface area contributed by atoms with E-state index in [1.807, 2.05) is 6.92 Å². The Kier molecular flexibility index (Phi) is 9.29. The third kappa shape index (κ3) is 6.08. The summed E-state index contributed by atoms with van der Waals surface area (Å²) in [4.78, 5) is 40.0. The van der Waals surface area contributed by atoms with Gasteiger partial charge >= 0.3 is 5.97 Å². The molecule has 1 aliphatic carbocycles. The van der Waals surface area contributed by atoms with Crippen molar-refractivity contribution in [2.24, 2.45) is 17.2 Å². The van der Waals surface area contributed by atoms with Gasteiger partial charge in [-0.2, -0.15) is 0 Å². The van der Waals surface area contributed by atoms with Gasteiger partial charge in [0.05, 0.1) is 19.3 Å². The molecule has 130 valence electrons. The van der Waals surface area contributed by atoms with Gasteiger partial charge in [0.15, 0.2) is 11.6 Å². The first-order valence-electron chi connectivity index (χ1n) is 7.54. The monoisotopic (exact) mass is 325 g/mol. The Morgan fingerprint density at radius 3 is 2.43 bits per heavy atom. The van der Waals surface area contributed by atoms with Crippen LogP contribution in [0.2, 0.25) is 0 Å². The number of nitrogens with two attached hydrogens (primary N) is 1. The van der Waals surface area contributed by atoms with Gasteiger partial charge in [-0.25, -0.2) is 5.90 Å². The zero-order valence-electron chi connectivity index (χ0n) is 14.4. The van der Waals surface area contributed by atoms with Crippen LogP contribution in [0.1, 0.15) is 40.0 Å². The van der Waals surface area contributed by atoms with Crippen molar-refractivity contribution in [3.8, 4) is 0 Å². The molecule has 6 nitrogen and oxygen atoms in total. The van der Waals surface area contributed by atoms with Crippen molar-refractivity contribution < 1.29 is 24.0 Å². The summed E-state index contributed by atoms with van der Waals surface area (Å²) in [5, 5.41) is 0. The third-order valence-corrected chi connectivity index (χ3v) is 3.51. The molecule has 1 unspecified atom stereocenters. The van der Waals surface area contributed by atoms with E-state index in [9.17, 15) is 14.4 Å². The predicted octanol–water partition coefficient (Wildman–Crippen LogP) is 2.13. The number of methoxy groups -OCH3 is 1. The quantitative estimate of drug-likeness (QED) is 0.208. The number of ether oxygens (including phenoxy) is 1. The Morgan fingerprint density at radius 1 is 1.43 bits per heavy atom. The highest BCUT2D eigenvalue weighted by atomic mass is 16.6. The molecule has 1 atom stereocenters. The molecule has 2 N–H and O–H groups in total. The third-order valence-electron chi connectivity index (χ3n) is 3.51. The van der Waals surface area contributed by atoms with Crippen molar-refractivity contribution in [3.63, 3.8) is 0 Å². The highest BCUT2D eigenvalue weighted by Crippen LogP contribution is 2.39. The van der Waals surface area contributed by atoms with E-state index in [0.717, 1.165) is 6.42 Å². The van der Waals surface area contributed by atoms with E-state index < -0.39 is 23.1 Å². The molecule has 23 heavy (non-hydrogen) atoms. The van der Waals surface area contributed by atoms with Gasteiger partial charge in [0, 0.05) is 6.42 Å². The number of hydrogen-bond donors (Lipinski definition) is 1. The maximum absolute atomic E-state index is 12.3. The number of esters is 1. The second-order valence-corrected chi connectivity index (χ2v) is 5.94. The predicted molar refractivity (Wildman–Crippen MR) is 87.2 cm³/mol. The fraction of sp³-hybridized carbons (Fsp3) is 0.588. The van der Waals surface area contributed by atoms with E-state index in [4.69, 9.17) is 0 Å². The summed E-state index contributed by atoms with van der Waals surface area (Å²) < 4.78 is 4.69. The number of ketones is 2. The maximum Gasteiger partial charge on any atom is 0.317 e. The number of hydrogen-bond acceptors (Lipinski definition) is 6. The van der Waals surface area contributed by atoms with Gasteiger partial charge in [0.1, 0.15) is 5.92 Å². The number of carbonyl (C=O) groups is 3. The van der Waals surface area contributed by atoms with E-state index in [1.54, 1.807) is 26.0 Å². The molecule has 0 amide bonds. The zero-order chi connectivity index (χ0) is 18.0. The first-order chi connectivity index (χ1) is 10.8. The van der Waals surface area contributed by atoms with Crippen molar-refractivity contribution in [3.05, 3.63) is 24.3 Å². The normalized spacial score (nSPS) is 21.4. The Morgan fingerprint density at radius 2 is 2.04 bits per heavy atom. The number of unbranched alkanes of at least 4 members (excludes halogenated alkanes) is 1. The van der Waals surface area contributed by atoms with E-state index in [2.05, 4.69) is 22.1 Å². The second-order valence-electron chi connectivity index (χ2n) is 5.94. The molecule has 0 aromatic heterocycles. The smallest absolute Gasteiger partial charge is 0.317 e. The number of carbonyl (C=O) groups excluding carboxylic acids is 3. The molecule has 0 heterocycles. The number of Topliss-reactive ketones (excluding diaryl/α,β-unsaturated/α-hetero) is 2. The molecule has 0 radical (unpaired) electrons. The lowest BCUT2D eigenvalue weighted by molar-refractivity contribution is -0.155. The summed E-state index contributed by atoms with van der Waals surface area (Å²) in [5.74, 6) is 2.58. The SMILES string of the molecule is C=CCON.CCCC=C1C(=O)CC(C)(C)C(C(=O)OC)C1=O. The summed E-state index contributed by atoms with van der Waals surface area (Å²) in [6, 6.07) is 0. The van der Waals surface area contributed by atoms with E-state index in [-0.39, 0.29) is 17.8 Å². The van der Waals surface area contributed by atoms with Crippen LogP contribution in [0.3, 0.4) is 0 Å². The van der Waals surface area contributed by atoms with Crippen LogP contribution in [0.5, 0.6) is 0 Å². The van der Waals surface area contributed by atoms with Crippen LogP contribution in [-0.4, -0.2) is 31.3 Å². The van der Waals surface area contributed by atoms with E-state index in [1.165, 1.54) is 7.11 Å². The molecule has 1 aliphatic rings. The van der Waals surface area contributed by atoms with Gasteiger partial charge in [0.2, 0.25) is 0 Å². The summed E-state index contributed by atoms with van der Waals surface area (Å²) in [5.41, 5.74) is -0.503. The van der Waals surface area contributed by atoms with Crippen molar-refractivity contribution in [2.45, 2.75) is 40.0 Å². The molecule has 1 fully saturated rings. The Balaban J connectivity index is 0.000000841. The largest absolute Gasteiger partial charge is 0.468 e. The molecule has 0 spiro atoms. The van der Waals surface area contributed by atoms with Crippen LogP contribution < -0.4 is 5.90 Å². The van der Waals surface area contributed by atoms with Crippen LogP contribution in [0.4, 0.5) is 0 Å². The average Bonchev–Trinajstić information content (AvgIpc) is 2.47. The minimum Gasteiger partial charge on any atom is -0.468 e. The highest BCUT2D eigenvalue weighted by molar-refractivity contribution is 6.27. The Bertz CT molecular complexity index is 479. The molecule has 1 saturated carbocycles. The molecule has 6 heteroatoms. The standard InChI is InChI=1S/C14H20O4.C3H7NO/c1-5-6-7-9-10(15)8-14(2,3)11(12(9)16)13(17)18-4;1-2-3-5-4/h7,11H,5-6,8H2,1-4H3;2H,1,3-4H2. The van der Waals surface area contributed by atoms with Crippen molar-refractivity contribution in [1.82, 2.24) is 0 Å². The van der Waals surface area contributed by atoms with Gasteiger partial charge in [-0.15, -0.1) is 6.58 Å². The van der Waals surface area contributed by atoms with Crippen LogP contribution in [0.25, 0.3) is 0 Å². The van der Waals surface area contributed by atoms with Gasteiger partial charge in [0.25, 0.3) is 0 Å². The van der Waals surface area contributed by atoms with Crippen molar-refractivity contribution in [1.29, 1.82) is 0 Å². The number of rotatable bonds is 5. The Hall–Kier alpha value is -1.79. The van der Waals surface area contributed by atoms with Gasteiger partial charge in [-0.3, -0.25) is 14.4 Å². The molecule has 0 aromatic carbocycles. The second kappa shape index (κ2) is 10.1. The molecule has 0 aromatic rings. The average molecular weight is 325 g/mol. The first-order valence-corrected chi connectivity index (χ1v) is 7.54. The Labute approximate surface area is 137 Å². The van der Waals surface area contributed by atoms with Crippen molar-refractivity contribution in [2.75, 3.05) is 13.7 Å². The maximum atomic E-state index is 12.3. The van der Waals surface area contributed by atoms with Crippen LogP contribution >= 0.6 is 0 Å². The summed E-state index contributed by atoms with van der Waals surface area (Å²) in [6.07, 6.45) is 4.96. The minimum absolute atomic E-state index is 0.168. The van der Waals surface area contributed by atoms with Gasteiger partial charge in [-0.05, 0) is 11.8 Å². The molecular formula is C17H27NO5. The lowest BCUT2D eigenvalue weighted by atomic mass is 9.66. The summed E-state index contributed by atoms with van der Waals surface area (Å²) >= 11 is 0. The summed E-state index contributed by atoms with van der Waals surface area (Å²) in [7, 11) is 1.26. The topological polar surface area (TPSA) is 95.7 Å². The molecule has 1 rings (SSSR count). The fourth-order valence-corrected chi connectivity index (χ4v) is 2.37. The van der Waals surface area contributed by atoms with Crippen LogP contribution in [-0.2, 0) is 24.0 Å². The minimum atomic E-state index is -0.872. The molecule has 0 saturated heterocycles. The van der Waals surface area contributed by atoms with Crippen molar-refractivity contribution >= 4 is 17.5 Å². The van der Waals surface area contributed by atoms with Crippen LogP contribution in [0, 0.1) is 11.3 Å². The lowest BCUT2D eigenvalue weighted by Crippen LogP contribution is -2.45. The molecule has 0 bridgehead atoms. The molecule has 0 aliphatic heterocycles. The van der Waals surface area contributed by atoms with Crippen LogP contribution in [0.15, 0.2) is 24.3 Å². The summed E-state index contributed by atoms with van der Waals surface area (Å²) in [6.45, 7) is 9.25. The van der Waals surface area contributed by atoms with E-state index in [0.29, 0.717) is 13.0 Å². The lowest BCUT2D eigenvalue weighted by Gasteiger charge is -2.35. The number of allylic oxidation sites excluding steroid dienone is 2. The van der Waals surface area contributed by atoms with Gasteiger partial charge < -0.3 is 9.57 Å². The molecular weight excluding hydrogens is 298 g/mol. The fourth-order valence-electron chi connectivity index (χ4n) is 2.37. The zero-order valence-corrected chi connectivity index (χ0v) is 14.4. The first kappa shape index (κ1) is 21.2. The highest BCUT2D eigenvalue weighted by Gasteiger charge is 2.49. The van der Waals surface area contributed by atoms with E-state index >= 15 is 0 Å². The van der Waals surface area contributed by atoms with Gasteiger partial charge in [-0.1, -0.05) is 39.3 Å².